The number of nitrogens with one attached hydrogen (secondary N) is 2. The predicted octanol–water partition coefficient (Wildman–Crippen LogP) is 1.71. The van der Waals surface area contributed by atoms with Gasteiger partial charge in [0.15, 0.2) is 5.11 Å². The standard InChI is InChI=1S/C12H20N2O3S/c1-12(2,3)17-11(15)14-10(18)13-8-6-7-4-5-9(8)16-7/h7-9H,4-6H2,1-3H3,(H2,13,14,15,18). The molecule has 2 saturated heterocycles. The smallest absolute Gasteiger partial charge is 0.413 e. The molecule has 6 heteroatoms. The van der Waals surface area contributed by atoms with Gasteiger partial charge in [0.2, 0.25) is 0 Å². The van der Waals surface area contributed by atoms with Crippen molar-refractivity contribution in [1.82, 2.24) is 10.6 Å². The molecule has 0 aromatic rings. The predicted molar refractivity (Wildman–Crippen MR) is 71.4 cm³/mol. The average molecular weight is 272 g/mol. The Bertz CT molecular complexity index is 354. The van der Waals surface area contributed by atoms with Crippen LogP contribution in [0.15, 0.2) is 0 Å². The second kappa shape index (κ2) is 5.01. The van der Waals surface area contributed by atoms with Crippen molar-refractivity contribution in [2.45, 2.75) is 63.9 Å². The maximum atomic E-state index is 11.5. The van der Waals surface area contributed by atoms with Crippen LogP contribution in [-0.4, -0.2) is 35.1 Å². The summed E-state index contributed by atoms with van der Waals surface area (Å²) >= 11 is 5.09. The van der Waals surface area contributed by atoms with Gasteiger partial charge in [0.25, 0.3) is 0 Å². The van der Waals surface area contributed by atoms with E-state index in [1.54, 1.807) is 0 Å². The van der Waals surface area contributed by atoms with E-state index in [-0.39, 0.29) is 12.1 Å². The lowest BCUT2D eigenvalue weighted by Crippen LogP contribution is -2.48. The lowest BCUT2D eigenvalue weighted by molar-refractivity contribution is 0.0561. The summed E-state index contributed by atoms with van der Waals surface area (Å²) in [6.45, 7) is 5.44. The van der Waals surface area contributed by atoms with E-state index in [0.717, 1.165) is 19.3 Å². The second-order valence-corrected chi connectivity index (χ2v) is 6.22. The lowest BCUT2D eigenvalue weighted by atomic mass is 9.96. The van der Waals surface area contributed by atoms with Gasteiger partial charge in [-0.25, -0.2) is 4.79 Å². The van der Waals surface area contributed by atoms with Crippen LogP contribution in [-0.2, 0) is 9.47 Å². The number of amides is 1. The molecule has 2 heterocycles. The molecule has 2 rings (SSSR count). The summed E-state index contributed by atoms with van der Waals surface area (Å²) in [7, 11) is 0. The third-order valence-corrected chi connectivity index (χ3v) is 3.26. The van der Waals surface area contributed by atoms with Crippen molar-refractivity contribution in [2.24, 2.45) is 0 Å². The van der Waals surface area contributed by atoms with Crippen molar-refractivity contribution in [3.05, 3.63) is 0 Å². The Balaban J connectivity index is 1.74. The average Bonchev–Trinajstić information content (AvgIpc) is 2.74. The Morgan fingerprint density at radius 2 is 2.11 bits per heavy atom. The normalized spacial score (nSPS) is 30.1. The first-order valence-electron chi connectivity index (χ1n) is 6.29. The molecule has 3 unspecified atom stereocenters. The lowest BCUT2D eigenvalue weighted by Gasteiger charge is -2.23. The van der Waals surface area contributed by atoms with Gasteiger partial charge in [-0.05, 0) is 52.3 Å². The maximum absolute atomic E-state index is 11.5. The van der Waals surface area contributed by atoms with E-state index in [0.29, 0.717) is 11.2 Å². The minimum absolute atomic E-state index is 0.214. The van der Waals surface area contributed by atoms with Crippen molar-refractivity contribution < 1.29 is 14.3 Å². The highest BCUT2D eigenvalue weighted by molar-refractivity contribution is 7.80. The summed E-state index contributed by atoms with van der Waals surface area (Å²) in [5, 5.41) is 5.96. The fourth-order valence-electron chi connectivity index (χ4n) is 2.39. The van der Waals surface area contributed by atoms with E-state index >= 15 is 0 Å². The van der Waals surface area contributed by atoms with Crippen molar-refractivity contribution in [3.63, 3.8) is 0 Å². The fraction of sp³-hybridized carbons (Fsp3) is 0.833. The first kappa shape index (κ1) is 13.5. The Morgan fingerprint density at radius 1 is 1.39 bits per heavy atom. The highest BCUT2D eigenvalue weighted by Gasteiger charge is 2.41. The zero-order valence-corrected chi connectivity index (χ0v) is 11.8. The number of rotatable bonds is 1. The third-order valence-electron chi connectivity index (χ3n) is 3.04. The Labute approximate surface area is 113 Å². The molecule has 0 aromatic heterocycles. The Kier molecular flexibility index (Phi) is 3.77. The maximum Gasteiger partial charge on any atom is 0.413 e. The van der Waals surface area contributed by atoms with Crippen LogP contribution in [0.25, 0.3) is 0 Å². The number of carbonyl (C=O) groups excluding carboxylic acids is 1. The van der Waals surface area contributed by atoms with E-state index in [9.17, 15) is 4.79 Å². The zero-order valence-electron chi connectivity index (χ0n) is 11.0. The summed E-state index contributed by atoms with van der Waals surface area (Å²) in [5.41, 5.74) is -0.519. The molecular weight excluding hydrogens is 252 g/mol. The van der Waals surface area contributed by atoms with Crippen LogP contribution in [0, 0.1) is 0 Å². The third kappa shape index (κ3) is 3.55. The van der Waals surface area contributed by atoms with Crippen LogP contribution in [0.3, 0.4) is 0 Å². The number of hydrogen-bond donors (Lipinski definition) is 2. The van der Waals surface area contributed by atoms with Crippen molar-refractivity contribution in [3.8, 4) is 0 Å². The summed E-state index contributed by atoms with van der Waals surface area (Å²) in [6, 6.07) is 0.214. The monoisotopic (exact) mass is 272 g/mol. The van der Waals surface area contributed by atoms with E-state index < -0.39 is 11.7 Å². The Morgan fingerprint density at radius 3 is 2.61 bits per heavy atom. The first-order valence-corrected chi connectivity index (χ1v) is 6.70. The molecule has 3 atom stereocenters. The number of alkyl carbamates (subject to hydrolysis) is 1. The van der Waals surface area contributed by atoms with Gasteiger partial charge < -0.3 is 14.8 Å². The highest BCUT2D eigenvalue weighted by Crippen LogP contribution is 2.34. The molecule has 0 saturated carbocycles. The number of carbonyl (C=O) groups is 1. The van der Waals surface area contributed by atoms with Crippen molar-refractivity contribution in [2.75, 3.05) is 0 Å². The molecule has 2 fully saturated rings. The summed E-state index contributed by atoms with van der Waals surface area (Å²) in [6.07, 6.45) is 3.22. The second-order valence-electron chi connectivity index (χ2n) is 5.82. The van der Waals surface area contributed by atoms with Crippen LogP contribution >= 0.6 is 12.2 Å². The first-order chi connectivity index (χ1) is 8.33. The van der Waals surface area contributed by atoms with Crippen LogP contribution in [0.5, 0.6) is 0 Å². The van der Waals surface area contributed by atoms with E-state index in [4.69, 9.17) is 21.7 Å². The molecule has 0 spiro atoms. The molecule has 102 valence electrons. The van der Waals surface area contributed by atoms with Crippen molar-refractivity contribution in [1.29, 1.82) is 0 Å². The molecule has 2 N–H and O–H groups in total. The van der Waals surface area contributed by atoms with Gasteiger partial charge in [-0.2, -0.15) is 0 Å². The van der Waals surface area contributed by atoms with Gasteiger partial charge >= 0.3 is 6.09 Å². The quantitative estimate of drug-likeness (QED) is 0.712. The zero-order chi connectivity index (χ0) is 13.3. The van der Waals surface area contributed by atoms with Gasteiger partial charge in [-0.15, -0.1) is 0 Å². The minimum atomic E-state index is -0.524. The van der Waals surface area contributed by atoms with Crippen molar-refractivity contribution >= 4 is 23.4 Å². The summed E-state index contributed by atoms with van der Waals surface area (Å²) in [4.78, 5) is 11.5. The number of thiocarbonyl (C=S) groups is 1. The number of ether oxygens (including phenoxy) is 2. The molecule has 18 heavy (non-hydrogen) atoms. The minimum Gasteiger partial charge on any atom is -0.444 e. The topological polar surface area (TPSA) is 59.6 Å². The molecule has 5 nitrogen and oxygen atoms in total. The van der Waals surface area contributed by atoms with Crippen LogP contribution in [0.1, 0.15) is 40.0 Å². The summed E-state index contributed by atoms with van der Waals surface area (Å²) in [5.74, 6) is 0. The number of hydrogen-bond acceptors (Lipinski definition) is 4. The van der Waals surface area contributed by atoms with Crippen LogP contribution in [0.4, 0.5) is 4.79 Å². The highest BCUT2D eigenvalue weighted by atomic mass is 32.1. The molecule has 0 aliphatic carbocycles. The molecule has 0 aromatic carbocycles. The van der Waals surface area contributed by atoms with E-state index in [2.05, 4.69) is 10.6 Å². The van der Waals surface area contributed by atoms with Gasteiger partial charge in [-0.1, -0.05) is 0 Å². The van der Waals surface area contributed by atoms with Gasteiger partial charge in [0.05, 0.1) is 18.2 Å². The molecule has 2 aliphatic heterocycles. The largest absolute Gasteiger partial charge is 0.444 e. The summed E-state index contributed by atoms with van der Waals surface area (Å²) < 4.78 is 10.8. The SMILES string of the molecule is CC(C)(C)OC(=O)NC(=S)NC1CC2CCC1O2. The molecular formula is C12H20N2O3S. The number of fused-ring (bicyclic) bond motifs is 2. The van der Waals surface area contributed by atoms with Gasteiger partial charge in [-0.3, -0.25) is 5.32 Å². The molecule has 1 amide bonds. The fourth-order valence-corrected chi connectivity index (χ4v) is 2.63. The molecule has 0 radical (unpaired) electrons. The van der Waals surface area contributed by atoms with Crippen LogP contribution < -0.4 is 10.6 Å². The van der Waals surface area contributed by atoms with Gasteiger partial charge in [0.1, 0.15) is 5.60 Å². The Hall–Kier alpha value is -0.880. The van der Waals surface area contributed by atoms with Crippen LogP contribution in [0.2, 0.25) is 0 Å². The van der Waals surface area contributed by atoms with Gasteiger partial charge in [0, 0.05) is 0 Å². The molecule has 2 aliphatic rings. The van der Waals surface area contributed by atoms with E-state index in [1.165, 1.54) is 0 Å². The van der Waals surface area contributed by atoms with E-state index in [1.807, 2.05) is 20.8 Å². The molecule has 2 bridgehead atoms.